The van der Waals surface area contributed by atoms with E-state index in [0.29, 0.717) is 23.7 Å². The Kier molecular flexibility index (Phi) is 5.71. The second kappa shape index (κ2) is 7.94. The summed E-state index contributed by atoms with van der Waals surface area (Å²) < 4.78 is 1.61. The summed E-state index contributed by atoms with van der Waals surface area (Å²) in [5.74, 6) is -1.24. The van der Waals surface area contributed by atoms with E-state index in [2.05, 4.69) is 10.4 Å². The van der Waals surface area contributed by atoms with Crippen LogP contribution in [-0.2, 0) is 11.3 Å². The number of nitrogens with zero attached hydrogens (tertiary/aromatic N) is 3. The van der Waals surface area contributed by atoms with Gasteiger partial charge in [0.2, 0.25) is 0 Å². The maximum atomic E-state index is 12.1. The van der Waals surface area contributed by atoms with Gasteiger partial charge in [-0.15, -0.1) is 11.6 Å². The number of anilines is 1. The number of carboxylic acid groups (broad SMARTS) is 1. The lowest BCUT2D eigenvalue weighted by atomic mass is 10.1. The number of aromatic nitrogens is 2. The third-order valence-corrected chi connectivity index (χ3v) is 3.20. The van der Waals surface area contributed by atoms with Crippen molar-refractivity contribution in [1.82, 2.24) is 9.78 Å². The number of carbonyl (C=O) groups is 2. The van der Waals surface area contributed by atoms with E-state index in [4.69, 9.17) is 22.0 Å². The van der Waals surface area contributed by atoms with Gasteiger partial charge in [0.1, 0.15) is 11.6 Å². The highest BCUT2D eigenvalue weighted by Gasteiger charge is 2.11. The highest BCUT2D eigenvalue weighted by molar-refractivity contribution is 6.17. The lowest BCUT2D eigenvalue weighted by Gasteiger charge is -2.04. The summed E-state index contributed by atoms with van der Waals surface area (Å²) >= 11 is 5.62. The van der Waals surface area contributed by atoms with Crippen molar-refractivity contribution in [1.29, 1.82) is 5.26 Å². The van der Waals surface area contributed by atoms with Crippen molar-refractivity contribution in [2.45, 2.75) is 6.54 Å². The molecule has 1 aromatic heterocycles. The monoisotopic (exact) mass is 344 g/mol. The van der Waals surface area contributed by atoms with Crippen LogP contribution < -0.4 is 5.32 Å². The number of carbonyl (C=O) groups excluding carboxylic acids is 1. The molecule has 0 unspecified atom stereocenters. The number of rotatable bonds is 6. The molecule has 0 saturated heterocycles. The van der Waals surface area contributed by atoms with Gasteiger partial charge in [0, 0.05) is 23.3 Å². The first kappa shape index (κ1) is 17.2. The summed E-state index contributed by atoms with van der Waals surface area (Å²) in [5.41, 5.74) is 1.01. The lowest BCUT2D eigenvalue weighted by molar-refractivity contribution is -0.112. The summed E-state index contributed by atoms with van der Waals surface area (Å²) in [5, 5.41) is 24.6. The first-order valence-corrected chi connectivity index (χ1v) is 7.42. The van der Waals surface area contributed by atoms with Gasteiger partial charge in [0.15, 0.2) is 0 Å². The number of aryl methyl sites for hydroxylation is 1. The quantitative estimate of drug-likeness (QED) is 0.475. The van der Waals surface area contributed by atoms with Crippen molar-refractivity contribution in [3.8, 4) is 6.07 Å². The van der Waals surface area contributed by atoms with E-state index in [1.165, 1.54) is 36.5 Å². The Balaban J connectivity index is 2.11. The molecule has 0 aliphatic rings. The van der Waals surface area contributed by atoms with Crippen LogP contribution in [0.3, 0.4) is 0 Å². The maximum absolute atomic E-state index is 12.1. The van der Waals surface area contributed by atoms with Crippen LogP contribution in [0.5, 0.6) is 0 Å². The first-order valence-electron chi connectivity index (χ1n) is 6.88. The molecular formula is C16H13ClN4O3. The van der Waals surface area contributed by atoms with Gasteiger partial charge < -0.3 is 10.4 Å². The minimum atomic E-state index is -1.06. The molecule has 1 heterocycles. The minimum absolute atomic E-state index is 0.0947. The van der Waals surface area contributed by atoms with Crippen LogP contribution in [0.1, 0.15) is 15.9 Å². The largest absolute Gasteiger partial charge is 0.478 e. The number of alkyl halides is 1. The second-order valence-electron chi connectivity index (χ2n) is 4.73. The van der Waals surface area contributed by atoms with Crippen molar-refractivity contribution in [3.05, 3.63) is 53.4 Å². The van der Waals surface area contributed by atoms with Crippen LogP contribution in [0.25, 0.3) is 6.08 Å². The molecule has 0 aliphatic heterocycles. The molecule has 0 aliphatic carbocycles. The molecule has 0 fully saturated rings. The van der Waals surface area contributed by atoms with Gasteiger partial charge in [-0.2, -0.15) is 10.4 Å². The topological polar surface area (TPSA) is 108 Å². The number of nitriles is 1. The standard InChI is InChI=1S/C16H13ClN4O3/c17-5-6-21-10-11(9-19-21)7-13(8-18)15(22)20-14-3-1-12(2-4-14)16(23)24/h1-4,7,9-10H,5-6H2,(H,20,22)(H,23,24)/b13-7-. The normalized spacial score (nSPS) is 10.9. The Bertz CT molecular complexity index is 819. The van der Waals surface area contributed by atoms with Crippen molar-refractivity contribution in [2.75, 3.05) is 11.2 Å². The summed E-state index contributed by atoms with van der Waals surface area (Å²) in [6, 6.07) is 7.47. The maximum Gasteiger partial charge on any atom is 0.335 e. The van der Waals surface area contributed by atoms with E-state index in [9.17, 15) is 9.59 Å². The molecule has 8 heteroatoms. The molecule has 2 rings (SSSR count). The fourth-order valence-electron chi connectivity index (χ4n) is 1.87. The predicted octanol–water partition coefficient (Wildman–Crippen LogP) is 2.37. The molecule has 2 aromatic rings. The van der Waals surface area contributed by atoms with Gasteiger partial charge in [-0.25, -0.2) is 4.79 Å². The van der Waals surface area contributed by atoms with Crippen molar-refractivity contribution in [3.63, 3.8) is 0 Å². The van der Waals surface area contributed by atoms with Gasteiger partial charge in [-0.3, -0.25) is 9.48 Å². The van der Waals surface area contributed by atoms with Crippen LogP contribution in [0.15, 0.2) is 42.2 Å². The first-order chi connectivity index (χ1) is 11.5. The summed E-state index contributed by atoms with van der Waals surface area (Å²) in [6.45, 7) is 0.527. The van der Waals surface area contributed by atoms with E-state index >= 15 is 0 Å². The van der Waals surface area contributed by atoms with Gasteiger partial charge >= 0.3 is 5.97 Å². The number of hydrogen-bond donors (Lipinski definition) is 2. The van der Waals surface area contributed by atoms with Crippen LogP contribution in [-0.4, -0.2) is 32.6 Å². The highest BCUT2D eigenvalue weighted by Crippen LogP contribution is 2.12. The van der Waals surface area contributed by atoms with Crippen molar-refractivity contribution >= 4 is 35.2 Å². The average molecular weight is 345 g/mol. The van der Waals surface area contributed by atoms with Gasteiger partial charge in [0.25, 0.3) is 5.91 Å². The zero-order valence-electron chi connectivity index (χ0n) is 12.4. The number of aromatic carboxylic acids is 1. The van der Waals surface area contributed by atoms with Crippen molar-refractivity contribution < 1.29 is 14.7 Å². The molecule has 24 heavy (non-hydrogen) atoms. The number of halogens is 1. The molecule has 0 spiro atoms. The molecule has 1 aromatic carbocycles. The molecule has 7 nitrogen and oxygen atoms in total. The van der Waals surface area contributed by atoms with Crippen LogP contribution in [0.4, 0.5) is 5.69 Å². The Morgan fingerprint density at radius 2 is 2.08 bits per heavy atom. The van der Waals surface area contributed by atoms with Gasteiger partial charge in [-0.1, -0.05) is 0 Å². The molecule has 2 N–H and O–H groups in total. The van der Waals surface area contributed by atoms with E-state index in [-0.39, 0.29) is 11.1 Å². The molecular weight excluding hydrogens is 332 g/mol. The molecule has 0 bridgehead atoms. The Morgan fingerprint density at radius 3 is 2.67 bits per heavy atom. The molecule has 0 atom stereocenters. The number of carboxylic acids is 1. The smallest absolute Gasteiger partial charge is 0.335 e. The van der Waals surface area contributed by atoms with E-state index in [1.54, 1.807) is 10.9 Å². The predicted molar refractivity (Wildman–Crippen MR) is 88.6 cm³/mol. The zero-order chi connectivity index (χ0) is 17.5. The number of amides is 1. The Hall–Kier alpha value is -3.11. The third kappa shape index (κ3) is 4.44. The van der Waals surface area contributed by atoms with Gasteiger partial charge in [0.05, 0.1) is 18.3 Å². The lowest BCUT2D eigenvalue weighted by Crippen LogP contribution is -2.13. The third-order valence-electron chi connectivity index (χ3n) is 3.03. The highest BCUT2D eigenvalue weighted by atomic mass is 35.5. The van der Waals surface area contributed by atoms with E-state index in [1.807, 2.05) is 6.07 Å². The summed E-state index contributed by atoms with van der Waals surface area (Å²) in [6.07, 6.45) is 4.62. The van der Waals surface area contributed by atoms with Crippen LogP contribution >= 0.6 is 11.6 Å². The Labute approximate surface area is 142 Å². The summed E-state index contributed by atoms with van der Waals surface area (Å²) in [7, 11) is 0. The SMILES string of the molecule is N#C/C(=C/c1cnn(CCCl)c1)C(=O)Nc1ccc(C(=O)O)cc1. The fraction of sp³-hybridized carbons (Fsp3) is 0.125. The second-order valence-corrected chi connectivity index (χ2v) is 5.11. The molecule has 0 radical (unpaired) electrons. The molecule has 1 amide bonds. The van der Waals surface area contributed by atoms with E-state index < -0.39 is 11.9 Å². The fourth-order valence-corrected chi connectivity index (χ4v) is 2.05. The van der Waals surface area contributed by atoms with Gasteiger partial charge in [-0.05, 0) is 30.3 Å². The Morgan fingerprint density at radius 1 is 1.38 bits per heavy atom. The number of benzene rings is 1. The number of nitrogens with one attached hydrogen (secondary N) is 1. The minimum Gasteiger partial charge on any atom is -0.478 e. The summed E-state index contributed by atoms with van der Waals surface area (Å²) in [4.78, 5) is 22.9. The van der Waals surface area contributed by atoms with Crippen molar-refractivity contribution in [2.24, 2.45) is 0 Å². The van der Waals surface area contributed by atoms with Crippen LogP contribution in [0.2, 0.25) is 0 Å². The average Bonchev–Trinajstić information content (AvgIpc) is 3.00. The van der Waals surface area contributed by atoms with Crippen LogP contribution in [0, 0.1) is 11.3 Å². The van der Waals surface area contributed by atoms with E-state index in [0.717, 1.165) is 0 Å². The molecule has 122 valence electrons. The molecule has 0 saturated carbocycles. The zero-order valence-corrected chi connectivity index (χ0v) is 13.2. The number of hydrogen-bond acceptors (Lipinski definition) is 4.